The molecule has 3 rings (SSSR count). The topological polar surface area (TPSA) is 50.2 Å². The van der Waals surface area contributed by atoms with Crippen LogP contribution in [0.2, 0.25) is 5.02 Å². The Morgan fingerprint density at radius 1 is 1.30 bits per heavy atom. The number of aromatic carboxylic acids is 1. The van der Waals surface area contributed by atoms with Crippen molar-refractivity contribution in [3.63, 3.8) is 0 Å². The molecule has 0 bridgehead atoms. The molecule has 0 radical (unpaired) electrons. The van der Waals surface area contributed by atoms with Gasteiger partial charge in [-0.25, -0.2) is 4.79 Å². The Morgan fingerprint density at radius 2 is 2.15 bits per heavy atom. The summed E-state index contributed by atoms with van der Waals surface area (Å²) in [5.41, 5.74) is 3.19. The number of carboxylic acids is 1. The van der Waals surface area contributed by atoms with Gasteiger partial charge in [-0.15, -0.1) is 0 Å². The standard InChI is InChI=1S/C16H14ClNO2/c17-13-9-18-14-7-6-11(16(19)20)8-12(14)15(13)10-4-2-1-3-5-10/h4,6-9H,1-3,5H2,(H,19,20). The van der Waals surface area contributed by atoms with Gasteiger partial charge in [0.1, 0.15) is 0 Å². The number of allylic oxidation sites excluding steroid dienone is 2. The molecule has 102 valence electrons. The predicted molar refractivity (Wildman–Crippen MR) is 80.2 cm³/mol. The number of nitrogens with zero attached hydrogens (tertiary/aromatic N) is 1. The minimum atomic E-state index is -0.935. The van der Waals surface area contributed by atoms with Crippen molar-refractivity contribution >= 4 is 34.0 Å². The molecule has 0 spiro atoms. The zero-order chi connectivity index (χ0) is 14.1. The summed E-state index contributed by atoms with van der Waals surface area (Å²) in [6.45, 7) is 0. The van der Waals surface area contributed by atoms with Crippen LogP contribution in [0.3, 0.4) is 0 Å². The van der Waals surface area contributed by atoms with Crippen molar-refractivity contribution < 1.29 is 9.90 Å². The Kier molecular flexibility index (Phi) is 3.45. The van der Waals surface area contributed by atoms with E-state index in [4.69, 9.17) is 16.7 Å². The third-order valence-corrected chi connectivity index (χ3v) is 3.97. The maximum absolute atomic E-state index is 11.1. The molecule has 0 saturated carbocycles. The van der Waals surface area contributed by atoms with Gasteiger partial charge in [0, 0.05) is 17.1 Å². The van der Waals surface area contributed by atoms with E-state index in [9.17, 15) is 4.79 Å². The molecule has 1 heterocycles. The Morgan fingerprint density at radius 3 is 2.85 bits per heavy atom. The molecule has 0 aliphatic heterocycles. The van der Waals surface area contributed by atoms with Gasteiger partial charge in [0.15, 0.2) is 0 Å². The van der Waals surface area contributed by atoms with Crippen LogP contribution < -0.4 is 0 Å². The number of hydrogen-bond donors (Lipinski definition) is 1. The van der Waals surface area contributed by atoms with Crippen LogP contribution in [-0.4, -0.2) is 16.1 Å². The average molecular weight is 288 g/mol. The largest absolute Gasteiger partial charge is 0.478 e. The Bertz CT molecular complexity index is 722. The molecular formula is C16H14ClNO2. The second-order valence-corrected chi connectivity index (χ2v) is 5.40. The Balaban J connectivity index is 2.27. The molecule has 1 aromatic heterocycles. The van der Waals surface area contributed by atoms with Crippen LogP contribution in [0.5, 0.6) is 0 Å². The minimum Gasteiger partial charge on any atom is -0.478 e. The lowest BCUT2D eigenvalue weighted by molar-refractivity contribution is 0.0697. The molecule has 1 aliphatic rings. The van der Waals surface area contributed by atoms with Crippen molar-refractivity contribution in [3.8, 4) is 0 Å². The first-order valence-corrected chi connectivity index (χ1v) is 7.05. The summed E-state index contributed by atoms with van der Waals surface area (Å²) in [6, 6.07) is 4.98. The van der Waals surface area contributed by atoms with E-state index in [1.807, 2.05) is 0 Å². The fraction of sp³-hybridized carbons (Fsp3) is 0.250. The third-order valence-electron chi connectivity index (χ3n) is 3.68. The van der Waals surface area contributed by atoms with E-state index < -0.39 is 5.97 Å². The summed E-state index contributed by atoms with van der Waals surface area (Å²) >= 11 is 6.32. The van der Waals surface area contributed by atoms with Crippen molar-refractivity contribution in [2.24, 2.45) is 0 Å². The molecule has 1 aliphatic carbocycles. The fourth-order valence-corrected chi connectivity index (χ4v) is 2.96. The number of halogens is 1. The highest BCUT2D eigenvalue weighted by Gasteiger charge is 2.15. The van der Waals surface area contributed by atoms with Gasteiger partial charge < -0.3 is 5.11 Å². The highest BCUT2D eigenvalue weighted by molar-refractivity contribution is 6.33. The summed E-state index contributed by atoms with van der Waals surface area (Å²) in [4.78, 5) is 15.4. The second-order valence-electron chi connectivity index (χ2n) is 4.99. The molecule has 20 heavy (non-hydrogen) atoms. The molecule has 0 unspecified atom stereocenters. The number of carbonyl (C=O) groups is 1. The molecule has 1 N–H and O–H groups in total. The summed E-state index contributed by atoms with van der Waals surface area (Å²) in [5, 5.41) is 10.6. The van der Waals surface area contributed by atoms with Crippen LogP contribution in [0.25, 0.3) is 16.5 Å². The first-order chi connectivity index (χ1) is 9.66. The van der Waals surface area contributed by atoms with Crippen molar-refractivity contribution in [1.82, 2.24) is 4.98 Å². The quantitative estimate of drug-likeness (QED) is 0.882. The maximum Gasteiger partial charge on any atom is 0.335 e. The number of aromatic nitrogens is 1. The highest BCUT2D eigenvalue weighted by Crippen LogP contribution is 2.36. The van der Waals surface area contributed by atoms with Crippen LogP contribution in [0.4, 0.5) is 0 Å². The van der Waals surface area contributed by atoms with Gasteiger partial charge in [-0.1, -0.05) is 17.7 Å². The Labute approximate surface area is 121 Å². The number of benzene rings is 1. The van der Waals surface area contributed by atoms with Gasteiger partial charge in [0.25, 0.3) is 0 Å². The highest BCUT2D eigenvalue weighted by atomic mass is 35.5. The molecule has 3 nitrogen and oxygen atoms in total. The lowest BCUT2D eigenvalue weighted by Crippen LogP contribution is -1.99. The van der Waals surface area contributed by atoms with Gasteiger partial charge >= 0.3 is 5.97 Å². The number of fused-ring (bicyclic) bond motifs is 1. The molecule has 1 aromatic carbocycles. The van der Waals surface area contributed by atoms with Crippen molar-refractivity contribution in [1.29, 1.82) is 0 Å². The summed E-state index contributed by atoms with van der Waals surface area (Å²) in [7, 11) is 0. The first-order valence-electron chi connectivity index (χ1n) is 6.68. The Hall–Kier alpha value is -1.87. The fourth-order valence-electron chi connectivity index (χ4n) is 2.69. The molecular weight excluding hydrogens is 274 g/mol. The molecule has 2 aromatic rings. The van der Waals surface area contributed by atoms with Crippen LogP contribution in [0.1, 0.15) is 41.6 Å². The lowest BCUT2D eigenvalue weighted by Gasteiger charge is -2.16. The number of carboxylic acid groups (broad SMARTS) is 1. The van der Waals surface area contributed by atoms with E-state index in [0.29, 0.717) is 5.02 Å². The third kappa shape index (κ3) is 2.29. The zero-order valence-corrected chi connectivity index (χ0v) is 11.7. The number of hydrogen-bond acceptors (Lipinski definition) is 2. The van der Waals surface area contributed by atoms with Gasteiger partial charge in [-0.3, -0.25) is 4.98 Å². The van der Waals surface area contributed by atoms with Crippen molar-refractivity contribution in [2.45, 2.75) is 25.7 Å². The monoisotopic (exact) mass is 287 g/mol. The van der Waals surface area contributed by atoms with Crippen LogP contribution in [-0.2, 0) is 0 Å². The van der Waals surface area contributed by atoms with Gasteiger partial charge in [0.05, 0.1) is 16.1 Å². The zero-order valence-electron chi connectivity index (χ0n) is 10.9. The van der Waals surface area contributed by atoms with Crippen LogP contribution >= 0.6 is 11.6 Å². The van der Waals surface area contributed by atoms with Crippen LogP contribution in [0, 0.1) is 0 Å². The summed E-state index contributed by atoms with van der Waals surface area (Å²) in [6.07, 6.45) is 8.23. The molecule has 0 saturated heterocycles. The SMILES string of the molecule is O=C(O)c1ccc2ncc(Cl)c(C3=CCCCC3)c2c1. The second kappa shape index (κ2) is 5.25. The molecule has 0 fully saturated rings. The van der Waals surface area contributed by atoms with Gasteiger partial charge in [0.2, 0.25) is 0 Å². The smallest absolute Gasteiger partial charge is 0.335 e. The maximum atomic E-state index is 11.1. The molecule has 0 amide bonds. The van der Waals surface area contributed by atoms with E-state index >= 15 is 0 Å². The average Bonchev–Trinajstić information content (AvgIpc) is 2.47. The normalized spacial score (nSPS) is 15.2. The summed E-state index contributed by atoms with van der Waals surface area (Å²) < 4.78 is 0. The predicted octanol–water partition coefficient (Wildman–Crippen LogP) is 4.54. The van der Waals surface area contributed by atoms with Crippen LogP contribution in [0.15, 0.2) is 30.5 Å². The number of pyridine rings is 1. The number of rotatable bonds is 2. The van der Waals surface area contributed by atoms with E-state index in [0.717, 1.165) is 35.7 Å². The minimum absolute atomic E-state index is 0.263. The first kappa shape index (κ1) is 13.1. The van der Waals surface area contributed by atoms with E-state index in [1.165, 1.54) is 12.0 Å². The molecule has 4 heteroatoms. The van der Waals surface area contributed by atoms with E-state index in [2.05, 4.69) is 11.1 Å². The lowest BCUT2D eigenvalue weighted by atomic mass is 9.91. The van der Waals surface area contributed by atoms with Gasteiger partial charge in [-0.05, 0) is 49.5 Å². The van der Waals surface area contributed by atoms with E-state index in [-0.39, 0.29) is 5.56 Å². The molecule has 0 atom stereocenters. The van der Waals surface area contributed by atoms with E-state index in [1.54, 1.807) is 24.4 Å². The van der Waals surface area contributed by atoms with Crippen molar-refractivity contribution in [3.05, 3.63) is 46.6 Å². The summed E-state index contributed by atoms with van der Waals surface area (Å²) in [5.74, 6) is -0.935. The van der Waals surface area contributed by atoms with Crippen molar-refractivity contribution in [2.75, 3.05) is 0 Å². The van der Waals surface area contributed by atoms with Gasteiger partial charge in [-0.2, -0.15) is 0 Å².